The molecular weight excluding hydrogens is 202 g/mol. The second kappa shape index (κ2) is 6.89. The monoisotopic (exact) mass is 218 g/mol. The van der Waals surface area contributed by atoms with Gasteiger partial charge in [0.1, 0.15) is 6.17 Å². The second-order valence-corrected chi connectivity index (χ2v) is 3.06. The number of nitrogens with two attached hydrogens (primary N) is 1. The molecule has 0 aromatic carbocycles. The normalized spacial score (nSPS) is 30.2. The first-order valence-electron chi connectivity index (χ1n) is 3.76. The number of hydrogen-bond donors (Lipinski definition) is 1. The van der Waals surface area contributed by atoms with Gasteiger partial charge in [-0.3, -0.25) is 0 Å². The minimum atomic E-state index is -0.705. The van der Waals surface area contributed by atoms with E-state index in [1.165, 1.54) is 0 Å². The lowest BCUT2D eigenvalue weighted by atomic mass is 9.96. The van der Waals surface area contributed by atoms with E-state index in [-0.39, 0.29) is 30.7 Å². The van der Waals surface area contributed by atoms with Gasteiger partial charge in [0.25, 0.3) is 0 Å². The van der Waals surface area contributed by atoms with Crippen LogP contribution >= 0.6 is 24.8 Å². The summed E-state index contributed by atoms with van der Waals surface area (Å²) in [6.45, 7) is 2.04. The summed E-state index contributed by atoms with van der Waals surface area (Å²) in [4.78, 5) is 2.01. The summed E-state index contributed by atoms with van der Waals surface area (Å²) >= 11 is 0. The molecule has 1 aliphatic rings. The van der Waals surface area contributed by atoms with Gasteiger partial charge in [-0.05, 0) is 26.6 Å². The molecule has 5 heteroatoms. The van der Waals surface area contributed by atoms with Crippen LogP contribution in [0, 0.1) is 5.92 Å². The molecule has 2 unspecified atom stereocenters. The fourth-order valence-electron chi connectivity index (χ4n) is 1.37. The molecule has 2 atom stereocenters. The van der Waals surface area contributed by atoms with Crippen molar-refractivity contribution >= 4 is 24.8 Å². The average Bonchev–Trinajstić information content (AvgIpc) is 1.88. The van der Waals surface area contributed by atoms with Gasteiger partial charge in [-0.15, -0.1) is 24.8 Å². The maximum atomic E-state index is 13.0. The van der Waals surface area contributed by atoms with Crippen LogP contribution in [-0.4, -0.2) is 37.8 Å². The van der Waals surface area contributed by atoms with E-state index >= 15 is 0 Å². The summed E-state index contributed by atoms with van der Waals surface area (Å²) in [5.74, 6) is 0.108. The number of rotatable bonds is 1. The van der Waals surface area contributed by atoms with Crippen LogP contribution in [0.3, 0.4) is 0 Å². The molecule has 0 spiro atoms. The van der Waals surface area contributed by atoms with Crippen molar-refractivity contribution in [2.45, 2.75) is 12.6 Å². The fraction of sp³-hybridized carbons (Fsp3) is 1.00. The van der Waals surface area contributed by atoms with Gasteiger partial charge in [-0.25, -0.2) is 4.39 Å². The van der Waals surface area contributed by atoms with Gasteiger partial charge >= 0.3 is 0 Å². The molecule has 2 N–H and O–H groups in total. The molecule has 76 valence electrons. The molecule has 1 aliphatic heterocycles. The largest absolute Gasteiger partial charge is 0.330 e. The van der Waals surface area contributed by atoms with Gasteiger partial charge in [0.05, 0.1) is 0 Å². The van der Waals surface area contributed by atoms with E-state index in [1.54, 1.807) is 0 Å². The van der Waals surface area contributed by atoms with Gasteiger partial charge in [-0.1, -0.05) is 0 Å². The fourth-order valence-corrected chi connectivity index (χ4v) is 1.37. The third-order valence-corrected chi connectivity index (χ3v) is 2.18. The van der Waals surface area contributed by atoms with Crippen molar-refractivity contribution in [1.82, 2.24) is 4.90 Å². The van der Waals surface area contributed by atoms with E-state index in [0.29, 0.717) is 13.1 Å². The minimum absolute atomic E-state index is 0. The first kappa shape index (κ1) is 14.9. The molecule has 0 aromatic heterocycles. The molecule has 0 aromatic rings. The standard InChI is InChI=1S/C7H15FN2.2ClH/c1-10-3-2-6(4-9)7(8)5-10;;/h6-7H,2-5,9H2,1H3;2*1H. The van der Waals surface area contributed by atoms with E-state index in [1.807, 2.05) is 11.9 Å². The van der Waals surface area contributed by atoms with Crippen LogP contribution < -0.4 is 5.73 Å². The topological polar surface area (TPSA) is 29.3 Å². The van der Waals surface area contributed by atoms with E-state index in [4.69, 9.17) is 5.73 Å². The molecular formula is C7H17Cl2FN2. The highest BCUT2D eigenvalue weighted by Crippen LogP contribution is 2.17. The summed E-state index contributed by atoms with van der Waals surface area (Å²) in [6, 6.07) is 0. The van der Waals surface area contributed by atoms with Crippen LogP contribution in [0.1, 0.15) is 6.42 Å². The van der Waals surface area contributed by atoms with Gasteiger partial charge in [0.15, 0.2) is 0 Å². The molecule has 12 heavy (non-hydrogen) atoms. The Hall–Kier alpha value is 0.430. The zero-order valence-corrected chi connectivity index (χ0v) is 8.84. The van der Waals surface area contributed by atoms with Crippen LogP contribution in [0.5, 0.6) is 0 Å². The first-order chi connectivity index (χ1) is 4.74. The maximum Gasteiger partial charge on any atom is 0.117 e. The first-order valence-corrected chi connectivity index (χ1v) is 3.76. The summed E-state index contributed by atoms with van der Waals surface area (Å²) in [5, 5.41) is 0. The quantitative estimate of drug-likeness (QED) is 0.715. The lowest BCUT2D eigenvalue weighted by Crippen LogP contribution is -2.42. The smallest absolute Gasteiger partial charge is 0.117 e. The molecule has 1 rings (SSSR count). The Kier molecular flexibility index (Phi) is 8.58. The van der Waals surface area contributed by atoms with Gasteiger partial charge < -0.3 is 10.6 Å². The predicted octanol–water partition coefficient (Wildman–Crippen LogP) is 1.08. The van der Waals surface area contributed by atoms with Crippen molar-refractivity contribution in [2.75, 3.05) is 26.7 Å². The van der Waals surface area contributed by atoms with E-state index < -0.39 is 6.17 Å². The maximum absolute atomic E-state index is 13.0. The third kappa shape index (κ3) is 3.90. The van der Waals surface area contributed by atoms with Crippen LogP contribution in [0.15, 0.2) is 0 Å². The Morgan fingerprint density at radius 1 is 1.50 bits per heavy atom. The second-order valence-electron chi connectivity index (χ2n) is 3.06. The highest BCUT2D eigenvalue weighted by molar-refractivity contribution is 5.85. The van der Waals surface area contributed by atoms with Crippen LogP contribution in [0.25, 0.3) is 0 Å². The Morgan fingerprint density at radius 2 is 2.08 bits per heavy atom. The number of halogens is 3. The number of likely N-dealkylation sites (tertiary alicyclic amines) is 1. The van der Waals surface area contributed by atoms with E-state index in [9.17, 15) is 4.39 Å². The molecule has 0 aliphatic carbocycles. The minimum Gasteiger partial charge on any atom is -0.330 e. The van der Waals surface area contributed by atoms with Crippen molar-refractivity contribution in [2.24, 2.45) is 11.7 Å². The summed E-state index contributed by atoms with van der Waals surface area (Å²) in [7, 11) is 1.94. The van der Waals surface area contributed by atoms with E-state index in [2.05, 4.69) is 0 Å². The lowest BCUT2D eigenvalue weighted by molar-refractivity contribution is 0.107. The predicted molar refractivity (Wildman–Crippen MR) is 54.1 cm³/mol. The molecule has 0 bridgehead atoms. The van der Waals surface area contributed by atoms with Crippen molar-refractivity contribution in [3.63, 3.8) is 0 Å². The Bertz CT molecular complexity index is 116. The van der Waals surface area contributed by atoms with Crippen molar-refractivity contribution in [1.29, 1.82) is 0 Å². The molecule has 1 heterocycles. The van der Waals surface area contributed by atoms with Crippen LogP contribution in [0.2, 0.25) is 0 Å². The van der Waals surface area contributed by atoms with Gasteiger partial charge in [-0.2, -0.15) is 0 Å². The van der Waals surface area contributed by atoms with Crippen molar-refractivity contribution in [3.8, 4) is 0 Å². The molecule has 2 nitrogen and oxygen atoms in total. The molecule has 0 saturated carbocycles. The Morgan fingerprint density at radius 3 is 2.50 bits per heavy atom. The van der Waals surface area contributed by atoms with E-state index in [0.717, 1.165) is 13.0 Å². The summed E-state index contributed by atoms with van der Waals surface area (Å²) in [5.41, 5.74) is 5.38. The Labute approximate surface area is 85.5 Å². The molecule has 1 saturated heterocycles. The molecule has 0 radical (unpaired) electrons. The van der Waals surface area contributed by atoms with Crippen molar-refractivity contribution in [3.05, 3.63) is 0 Å². The molecule has 1 fully saturated rings. The SMILES string of the molecule is CN1CCC(CN)C(F)C1.Cl.Cl. The number of nitrogens with zero attached hydrogens (tertiary/aromatic N) is 1. The van der Waals surface area contributed by atoms with Gasteiger partial charge in [0, 0.05) is 12.5 Å². The number of alkyl halides is 1. The van der Waals surface area contributed by atoms with Gasteiger partial charge in [0.2, 0.25) is 0 Å². The zero-order valence-electron chi connectivity index (χ0n) is 7.20. The highest BCUT2D eigenvalue weighted by Gasteiger charge is 2.25. The average molecular weight is 219 g/mol. The molecule has 0 amide bonds. The highest BCUT2D eigenvalue weighted by atomic mass is 35.5. The Balaban J connectivity index is 0. The number of hydrogen-bond acceptors (Lipinski definition) is 2. The third-order valence-electron chi connectivity index (χ3n) is 2.18. The summed E-state index contributed by atoms with van der Waals surface area (Å²) < 4.78 is 13.0. The van der Waals surface area contributed by atoms with Crippen LogP contribution in [-0.2, 0) is 0 Å². The van der Waals surface area contributed by atoms with Crippen molar-refractivity contribution < 1.29 is 4.39 Å². The number of piperidine rings is 1. The lowest BCUT2D eigenvalue weighted by Gasteiger charge is -2.31. The zero-order chi connectivity index (χ0) is 7.56. The summed E-state index contributed by atoms with van der Waals surface area (Å²) in [6.07, 6.45) is 0.206. The van der Waals surface area contributed by atoms with Crippen LogP contribution in [0.4, 0.5) is 4.39 Å².